The van der Waals surface area contributed by atoms with Gasteiger partial charge in [-0.05, 0) is 31.1 Å². The van der Waals surface area contributed by atoms with E-state index in [1.807, 2.05) is 0 Å². The van der Waals surface area contributed by atoms with Crippen molar-refractivity contribution in [1.29, 1.82) is 0 Å². The largest absolute Gasteiger partial charge is 0.477 e. The molecule has 9 heteroatoms. The summed E-state index contributed by atoms with van der Waals surface area (Å²) in [5.41, 5.74) is 9.62. The van der Waals surface area contributed by atoms with E-state index in [1.165, 1.54) is 4.57 Å². The summed E-state index contributed by atoms with van der Waals surface area (Å²) in [5, 5.41) is 8.93. The number of hydrogen-bond acceptors (Lipinski definition) is 5. The van der Waals surface area contributed by atoms with Gasteiger partial charge in [-0.3, -0.25) is 4.79 Å². The molecule has 0 unspecified atom stereocenters. The highest BCUT2D eigenvalue weighted by Crippen LogP contribution is 2.47. The standard InChI is InChI=1S/C19H20F2N4O3/c20-13-15(23)12-16(25(8-1-2-8)5-10(18(12)26)19(27)28)14(21)17(13)24-4-7-3-9(7)11(22)6-24/h5,7-9,11H,1-4,6,22-23H2,(H,27,28)/t7-,9-,11-/m1/s1. The molecule has 0 radical (unpaired) electrons. The Bertz CT molecular complexity index is 1100. The lowest BCUT2D eigenvalue weighted by Crippen LogP contribution is -2.45. The number of pyridine rings is 1. The second-order valence-electron chi connectivity index (χ2n) is 8.16. The van der Waals surface area contributed by atoms with Gasteiger partial charge in [0.15, 0.2) is 11.6 Å². The van der Waals surface area contributed by atoms with E-state index in [9.17, 15) is 14.7 Å². The molecule has 5 rings (SSSR count). The lowest BCUT2D eigenvalue weighted by Gasteiger charge is -2.33. The summed E-state index contributed by atoms with van der Waals surface area (Å²) in [5.74, 6) is -2.66. The molecule has 0 amide bonds. The normalized spacial score (nSPS) is 26.4. The number of hydrogen-bond donors (Lipinski definition) is 3. The first-order valence-corrected chi connectivity index (χ1v) is 9.38. The highest BCUT2D eigenvalue weighted by Gasteiger charge is 2.47. The predicted octanol–water partition coefficient (Wildman–Crippen LogP) is 1.68. The van der Waals surface area contributed by atoms with Gasteiger partial charge in [0.2, 0.25) is 5.43 Å². The molecule has 5 N–H and O–H groups in total. The van der Waals surface area contributed by atoms with Crippen molar-refractivity contribution in [2.75, 3.05) is 23.7 Å². The molecule has 7 nitrogen and oxygen atoms in total. The van der Waals surface area contributed by atoms with E-state index in [4.69, 9.17) is 11.5 Å². The number of carbonyl (C=O) groups is 1. The van der Waals surface area contributed by atoms with E-state index in [0.717, 1.165) is 25.5 Å². The van der Waals surface area contributed by atoms with Crippen molar-refractivity contribution in [1.82, 2.24) is 4.57 Å². The van der Waals surface area contributed by atoms with Gasteiger partial charge in [-0.15, -0.1) is 0 Å². The molecular formula is C19H20F2N4O3. The summed E-state index contributed by atoms with van der Waals surface area (Å²) in [6, 6.07) is -0.306. The van der Waals surface area contributed by atoms with E-state index in [0.29, 0.717) is 24.9 Å². The van der Waals surface area contributed by atoms with Crippen LogP contribution in [-0.2, 0) is 0 Å². The zero-order valence-electron chi connectivity index (χ0n) is 15.0. The van der Waals surface area contributed by atoms with Gasteiger partial charge >= 0.3 is 5.97 Å². The Morgan fingerprint density at radius 1 is 1.21 bits per heavy atom. The Balaban J connectivity index is 1.80. The molecule has 1 aliphatic heterocycles. The van der Waals surface area contributed by atoms with Crippen molar-refractivity contribution in [2.45, 2.75) is 31.3 Å². The zero-order chi connectivity index (χ0) is 19.9. The Kier molecular flexibility index (Phi) is 3.52. The molecule has 28 heavy (non-hydrogen) atoms. The second kappa shape index (κ2) is 5.66. The third kappa shape index (κ3) is 2.35. The van der Waals surface area contributed by atoms with Crippen molar-refractivity contribution in [3.05, 3.63) is 33.6 Å². The summed E-state index contributed by atoms with van der Waals surface area (Å²) in [6.07, 6.45) is 3.54. The first-order chi connectivity index (χ1) is 13.3. The summed E-state index contributed by atoms with van der Waals surface area (Å²) in [7, 11) is 0. The first kappa shape index (κ1) is 17.4. The van der Waals surface area contributed by atoms with Crippen molar-refractivity contribution in [3.63, 3.8) is 0 Å². The van der Waals surface area contributed by atoms with Gasteiger partial charge in [-0.2, -0.15) is 0 Å². The number of aromatic nitrogens is 1. The number of carboxylic acids is 1. The zero-order valence-corrected chi connectivity index (χ0v) is 15.0. The topological polar surface area (TPSA) is 115 Å². The van der Waals surface area contributed by atoms with E-state index in [-0.39, 0.29) is 23.3 Å². The molecule has 1 aromatic heterocycles. The molecule has 1 saturated heterocycles. The highest BCUT2D eigenvalue weighted by molar-refractivity contribution is 5.99. The predicted molar refractivity (Wildman–Crippen MR) is 99.6 cm³/mol. The van der Waals surface area contributed by atoms with Gasteiger partial charge in [-0.25, -0.2) is 13.6 Å². The number of piperidine rings is 1. The molecular weight excluding hydrogens is 370 g/mol. The minimum atomic E-state index is -1.45. The van der Waals surface area contributed by atoms with Crippen LogP contribution in [0, 0.1) is 23.5 Å². The van der Waals surface area contributed by atoms with Crippen molar-refractivity contribution < 1.29 is 18.7 Å². The molecule has 148 valence electrons. The maximum Gasteiger partial charge on any atom is 0.341 e. The number of carboxylic acid groups (broad SMARTS) is 1. The number of halogens is 2. The lowest BCUT2D eigenvalue weighted by molar-refractivity contribution is 0.0695. The van der Waals surface area contributed by atoms with Gasteiger partial charge in [0.1, 0.15) is 11.3 Å². The molecule has 2 saturated carbocycles. The van der Waals surface area contributed by atoms with E-state index < -0.39 is 39.7 Å². The fraction of sp³-hybridized carbons (Fsp3) is 0.474. The summed E-state index contributed by atoms with van der Waals surface area (Å²) in [6.45, 7) is 0.791. The Hall–Kier alpha value is -2.68. The SMILES string of the molecule is Nc1c(F)c(N2C[C@H]3C[C@H]3[C@H](N)C2)c(F)c2c1c(=O)c(C(=O)O)cn2C1CC1. The van der Waals surface area contributed by atoms with Crippen LogP contribution in [0.4, 0.5) is 20.2 Å². The van der Waals surface area contributed by atoms with Gasteiger partial charge in [0.25, 0.3) is 0 Å². The number of aromatic carboxylic acids is 1. The van der Waals surface area contributed by atoms with Crippen LogP contribution >= 0.6 is 0 Å². The van der Waals surface area contributed by atoms with E-state index in [1.54, 1.807) is 4.90 Å². The number of fused-ring (bicyclic) bond motifs is 2. The maximum atomic E-state index is 15.6. The minimum absolute atomic E-state index is 0.127. The Labute approximate surface area is 158 Å². The lowest BCUT2D eigenvalue weighted by atomic mass is 10.0. The second-order valence-corrected chi connectivity index (χ2v) is 8.16. The van der Waals surface area contributed by atoms with Crippen LogP contribution in [0.1, 0.15) is 35.7 Å². The average molecular weight is 390 g/mol. The molecule has 3 fully saturated rings. The van der Waals surface area contributed by atoms with E-state index in [2.05, 4.69) is 0 Å². The van der Waals surface area contributed by atoms with Crippen LogP contribution in [0.25, 0.3) is 10.9 Å². The number of nitrogen functional groups attached to an aromatic ring is 1. The molecule has 2 heterocycles. The fourth-order valence-corrected chi connectivity index (χ4v) is 4.56. The van der Waals surface area contributed by atoms with Crippen LogP contribution in [0.15, 0.2) is 11.0 Å². The third-order valence-electron chi connectivity index (χ3n) is 6.26. The van der Waals surface area contributed by atoms with Gasteiger partial charge in [0.05, 0.1) is 16.6 Å². The van der Waals surface area contributed by atoms with Gasteiger partial charge in [0, 0.05) is 31.4 Å². The van der Waals surface area contributed by atoms with Gasteiger partial charge < -0.3 is 26.0 Å². The molecule has 0 bridgehead atoms. The van der Waals surface area contributed by atoms with Crippen molar-refractivity contribution in [2.24, 2.45) is 17.6 Å². The number of anilines is 2. The highest BCUT2D eigenvalue weighted by atomic mass is 19.1. The molecule has 1 aromatic carbocycles. The number of nitrogens with zero attached hydrogens (tertiary/aromatic N) is 2. The molecule has 0 spiro atoms. The summed E-state index contributed by atoms with van der Waals surface area (Å²) in [4.78, 5) is 25.7. The summed E-state index contributed by atoms with van der Waals surface area (Å²) >= 11 is 0. The monoisotopic (exact) mass is 390 g/mol. The molecule has 2 aliphatic carbocycles. The Morgan fingerprint density at radius 2 is 1.93 bits per heavy atom. The molecule has 3 atom stereocenters. The maximum absolute atomic E-state index is 15.6. The first-order valence-electron chi connectivity index (χ1n) is 9.38. The molecule has 3 aliphatic rings. The Morgan fingerprint density at radius 3 is 2.54 bits per heavy atom. The van der Waals surface area contributed by atoms with Crippen LogP contribution in [0.5, 0.6) is 0 Å². The van der Waals surface area contributed by atoms with Crippen LogP contribution in [0.2, 0.25) is 0 Å². The minimum Gasteiger partial charge on any atom is -0.477 e. The van der Waals surface area contributed by atoms with Gasteiger partial charge in [-0.1, -0.05) is 0 Å². The third-order valence-corrected chi connectivity index (χ3v) is 6.26. The van der Waals surface area contributed by atoms with E-state index >= 15 is 8.78 Å². The fourth-order valence-electron chi connectivity index (χ4n) is 4.56. The van der Waals surface area contributed by atoms with Crippen LogP contribution in [-0.4, -0.2) is 34.8 Å². The van der Waals surface area contributed by atoms with Crippen LogP contribution in [0.3, 0.4) is 0 Å². The van der Waals surface area contributed by atoms with Crippen molar-refractivity contribution >= 4 is 28.2 Å². The van der Waals surface area contributed by atoms with Crippen LogP contribution < -0.4 is 21.8 Å². The summed E-state index contributed by atoms with van der Waals surface area (Å²) < 4.78 is 32.2. The smallest absolute Gasteiger partial charge is 0.341 e. The average Bonchev–Trinajstić information content (AvgIpc) is 3.52. The quantitative estimate of drug-likeness (QED) is 0.687. The molecule has 2 aromatic rings. The number of rotatable bonds is 3. The van der Waals surface area contributed by atoms with Crippen molar-refractivity contribution in [3.8, 4) is 0 Å². The number of benzene rings is 1. The number of nitrogens with two attached hydrogens (primary N) is 2.